The molecule has 0 bridgehead atoms. The van der Waals surface area contributed by atoms with E-state index < -0.39 is 0 Å². The molecule has 0 aliphatic carbocycles. The summed E-state index contributed by atoms with van der Waals surface area (Å²) in [4.78, 5) is 14.8. The number of carbonyl (C=O) groups excluding carboxylic acids is 1. The molecule has 25 heavy (non-hydrogen) atoms. The van der Waals surface area contributed by atoms with Crippen molar-refractivity contribution in [3.63, 3.8) is 0 Å². The molecule has 0 spiro atoms. The van der Waals surface area contributed by atoms with E-state index in [0.29, 0.717) is 10.6 Å². The molecule has 0 unspecified atom stereocenters. The van der Waals surface area contributed by atoms with E-state index in [1.165, 1.54) is 5.69 Å². The SMILES string of the molecule is COc1ccc(N2CCC(NC(=O)c3ccc(Cl)cc3I)CC2)cc1. The van der Waals surface area contributed by atoms with Crippen LogP contribution >= 0.6 is 34.2 Å². The van der Waals surface area contributed by atoms with Gasteiger partial charge < -0.3 is 15.0 Å². The first-order chi connectivity index (χ1) is 12.1. The third-order valence-corrected chi connectivity index (χ3v) is 5.57. The van der Waals surface area contributed by atoms with E-state index >= 15 is 0 Å². The van der Waals surface area contributed by atoms with E-state index in [1.807, 2.05) is 18.2 Å². The number of anilines is 1. The summed E-state index contributed by atoms with van der Waals surface area (Å²) in [7, 11) is 1.67. The molecule has 2 aromatic rings. The predicted molar refractivity (Wildman–Crippen MR) is 110 cm³/mol. The van der Waals surface area contributed by atoms with Gasteiger partial charge >= 0.3 is 0 Å². The fourth-order valence-electron chi connectivity index (χ4n) is 3.01. The maximum atomic E-state index is 12.5. The maximum Gasteiger partial charge on any atom is 0.252 e. The molecule has 1 saturated heterocycles. The zero-order chi connectivity index (χ0) is 17.8. The van der Waals surface area contributed by atoms with Crippen LogP contribution in [0.4, 0.5) is 5.69 Å². The Bertz CT molecular complexity index is 744. The van der Waals surface area contributed by atoms with Crippen LogP contribution in [-0.4, -0.2) is 32.1 Å². The lowest BCUT2D eigenvalue weighted by atomic mass is 10.0. The molecule has 2 aromatic carbocycles. The number of piperidine rings is 1. The number of nitrogens with zero attached hydrogens (tertiary/aromatic N) is 1. The van der Waals surface area contributed by atoms with Crippen LogP contribution in [0, 0.1) is 3.57 Å². The smallest absolute Gasteiger partial charge is 0.252 e. The van der Waals surface area contributed by atoms with Gasteiger partial charge in [0.1, 0.15) is 5.75 Å². The number of carbonyl (C=O) groups is 1. The van der Waals surface area contributed by atoms with Gasteiger partial charge in [0.15, 0.2) is 0 Å². The number of halogens is 2. The van der Waals surface area contributed by atoms with Gasteiger partial charge in [-0.25, -0.2) is 0 Å². The first-order valence-corrected chi connectivity index (χ1v) is 9.67. The molecule has 0 radical (unpaired) electrons. The molecule has 0 atom stereocenters. The molecule has 0 aromatic heterocycles. The van der Waals surface area contributed by atoms with Crippen LogP contribution in [0.25, 0.3) is 0 Å². The van der Waals surface area contributed by atoms with E-state index in [-0.39, 0.29) is 11.9 Å². The molecule has 1 heterocycles. The van der Waals surface area contributed by atoms with Crippen molar-refractivity contribution in [1.29, 1.82) is 0 Å². The van der Waals surface area contributed by atoms with Crippen molar-refractivity contribution < 1.29 is 9.53 Å². The second-order valence-electron chi connectivity index (χ2n) is 6.06. The predicted octanol–water partition coefficient (Wildman–Crippen LogP) is 4.35. The molecule has 0 saturated carbocycles. The van der Waals surface area contributed by atoms with Crippen LogP contribution < -0.4 is 15.0 Å². The minimum Gasteiger partial charge on any atom is -0.497 e. The molecule has 1 amide bonds. The van der Waals surface area contributed by atoms with Gasteiger partial charge in [0, 0.05) is 33.4 Å². The number of amides is 1. The molecular weight excluding hydrogens is 451 g/mol. The van der Waals surface area contributed by atoms with Gasteiger partial charge in [-0.1, -0.05) is 11.6 Å². The summed E-state index contributed by atoms with van der Waals surface area (Å²) in [5.74, 6) is 0.840. The van der Waals surface area contributed by atoms with Crippen molar-refractivity contribution >= 4 is 45.8 Å². The highest BCUT2D eigenvalue weighted by Crippen LogP contribution is 2.23. The highest BCUT2D eigenvalue weighted by molar-refractivity contribution is 14.1. The van der Waals surface area contributed by atoms with Gasteiger partial charge in [0.05, 0.1) is 12.7 Å². The Labute approximate surface area is 166 Å². The Morgan fingerprint density at radius 3 is 2.48 bits per heavy atom. The van der Waals surface area contributed by atoms with Crippen LogP contribution in [0.3, 0.4) is 0 Å². The molecular formula is C19H20ClIN2O2. The van der Waals surface area contributed by atoms with Crippen molar-refractivity contribution in [1.82, 2.24) is 5.32 Å². The maximum absolute atomic E-state index is 12.5. The van der Waals surface area contributed by atoms with Crippen LogP contribution in [0.2, 0.25) is 5.02 Å². The second-order valence-corrected chi connectivity index (χ2v) is 7.66. The van der Waals surface area contributed by atoms with Crippen LogP contribution in [-0.2, 0) is 0 Å². The van der Waals surface area contributed by atoms with Gasteiger partial charge in [0.25, 0.3) is 5.91 Å². The molecule has 4 nitrogen and oxygen atoms in total. The monoisotopic (exact) mass is 470 g/mol. The van der Waals surface area contributed by atoms with Crippen molar-refractivity contribution in [2.24, 2.45) is 0 Å². The number of benzene rings is 2. The summed E-state index contributed by atoms with van der Waals surface area (Å²) in [6, 6.07) is 13.7. The Kier molecular flexibility index (Phi) is 6.06. The van der Waals surface area contributed by atoms with Crippen LogP contribution in [0.5, 0.6) is 5.75 Å². The largest absolute Gasteiger partial charge is 0.497 e. The molecule has 1 aliphatic heterocycles. The number of rotatable bonds is 4. The lowest BCUT2D eigenvalue weighted by Crippen LogP contribution is -2.44. The van der Waals surface area contributed by atoms with E-state index in [0.717, 1.165) is 35.3 Å². The van der Waals surface area contributed by atoms with Crippen LogP contribution in [0.1, 0.15) is 23.2 Å². The fourth-order valence-corrected chi connectivity index (χ4v) is 4.13. The minimum atomic E-state index is -0.0241. The number of nitrogens with one attached hydrogen (secondary N) is 1. The Balaban J connectivity index is 1.56. The summed E-state index contributed by atoms with van der Waals surface area (Å²) < 4.78 is 6.07. The number of methoxy groups -OCH3 is 1. The van der Waals surface area contributed by atoms with Crippen molar-refractivity contribution in [3.05, 3.63) is 56.6 Å². The summed E-state index contributed by atoms with van der Waals surface area (Å²) in [5.41, 5.74) is 1.88. The summed E-state index contributed by atoms with van der Waals surface area (Å²) in [6.45, 7) is 1.85. The normalized spacial score (nSPS) is 15.1. The first kappa shape index (κ1) is 18.3. The standard InChI is InChI=1S/C19H20ClIN2O2/c1-25-16-5-3-15(4-6-16)23-10-8-14(9-11-23)22-19(24)17-7-2-13(20)12-18(17)21/h2-7,12,14H,8-11H2,1H3,(H,22,24). The van der Waals surface area contributed by atoms with Gasteiger partial charge in [-0.05, 0) is 77.9 Å². The van der Waals surface area contributed by atoms with Crippen molar-refractivity contribution in [3.8, 4) is 5.75 Å². The van der Waals surface area contributed by atoms with Gasteiger partial charge in [-0.3, -0.25) is 4.79 Å². The van der Waals surface area contributed by atoms with Crippen molar-refractivity contribution in [2.45, 2.75) is 18.9 Å². The minimum absolute atomic E-state index is 0.0241. The van der Waals surface area contributed by atoms with Crippen molar-refractivity contribution in [2.75, 3.05) is 25.1 Å². The molecule has 1 aliphatic rings. The lowest BCUT2D eigenvalue weighted by Gasteiger charge is -2.34. The van der Waals surface area contributed by atoms with Gasteiger partial charge in [-0.2, -0.15) is 0 Å². The van der Waals surface area contributed by atoms with E-state index in [4.69, 9.17) is 16.3 Å². The van der Waals surface area contributed by atoms with E-state index in [2.05, 4.69) is 44.9 Å². The highest BCUT2D eigenvalue weighted by Gasteiger charge is 2.22. The van der Waals surface area contributed by atoms with Gasteiger partial charge in [-0.15, -0.1) is 0 Å². The molecule has 132 valence electrons. The third-order valence-electron chi connectivity index (χ3n) is 4.44. The highest BCUT2D eigenvalue weighted by atomic mass is 127. The average molecular weight is 471 g/mol. The number of ether oxygens (including phenoxy) is 1. The lowest BCUT2D eigenvalue weighted by molar-refractivity contribution is 0.0930. The number of hydrogen-bond acceptors (Lipinski definition) is 3. The Morgan fingerprint density at radius 1 is 1.20 bits per heavy atom. The summed E-state index contributed by atoms with van der Waals surface area (Å²) in [5, 5.41) is 3.80. The quantitative estimate of drug-likeness (QED) is 0.676. The summed E-state index contributed by atoms with van der Waals surface area (Å²) >= 11 is 8.11. The topological polar surface area (TPSA) is 41.6 Å². The van der Waals surface area contributed by atoms with E-state index in [9.17, 15) is 4.79 Å². The average Bonchev–Trinajstić information content (AvgIpc) is 2.62. The molecule has 3 rings (SSSR count). The molecule has 1 fully saturated rings. The first-order valence-electron chi connectivity index (χ1n) is 8.22. The Morgan fingerprint density at radius 2 is 1.88 bits per heavy atom. The number of hydrogen-bond donors (Lipinski definition) is 1. The zero-order valence-electron chi connectivity index (χ0n) is 14.0. The zero-order valence-corrected chi connectivity index (χ0v) is 16.9. The van der Waals surface area contributed by atoms with E-state index in [1.54, 1.807) is 19.2 Å². The molecule has 1 N–H and O–H groups in total. The van der Waals surface area contributed by atoms with Crippen LogP contribution in [0.15, 0.2) is 42.5 Å². The Hall–Kier alpha value is -1.47. The third kappa shape index (κ3) is 4.58. The second kappa shape index (κ2) is 8.27. The molecule has 6 heteroatoms. The van der Waals surface area contributed by atoms with Gasteiger partial charge in [0.2, 0.25) is 0 Å². The fraction of sp³-hybridized carbons (Fsp3) is 0.316. The summed E-state index contributed by atoms with van der Waals surface area (Å²) in [6.07, 6.45) is 1.86.